The highest BCUT2D eigenvalue weighted by molar-refractivity contribution is 5.78. The lowest BCUT2D eigenvalue weighted by Gasteiger charge is -2.41. The highest BCUT2D eigenvalue weighted by Gasteiger charge is 2.33. The zero-order valence-electron chi connectivity index (χ0n) is 8.55. The smallest absolute Gasteiger partial charge is 0.220 e. The number of nitrogens with one attached hydrogen (secondary N) is 2. The van der Waals surface area contributed by atoms with Gasteiger partial charge in [-0.25, -0.2) is 0 Å². The maximum Gasteiger partial charge on any atom is 0.220 e. The third-order valence-electron chi connectivity index (χ3n) is 3.30. The molecular formula is C10H17N3O. The number of nitrogens with zero attached hydrogens (tertiary/aromatic N) is 1. The van der Waals surface area contributed by atoms with E-state index in [1.807, 2.05) is 6.92 Å². The van der Waals surface area contributed by atoms with Gasteiger partial charge >= 0.3 is 0 Å². The number of hydrogen-bond donors (Lipinski definition) is 2. The second kappa shape index (κ2) is 3.59. The molecule has 0 radical (unpaired) electrons. The largest absolute Gasteiger partial charge is 0.360 e. The van der Waals surface area contributed by atoms with Crippen LogP contribution < -0.4 is 5.32 Å². The molecule has 0 aromatic rings. The second-order valence-corrected chi connectivity index (χ2v) is 4.29. The Morgan fingerprint density at radius 3 is 3.07 bits per heavy atom. The van der Waals surface area contributed by atoms with Crippen LogP contribution in [0.5, 0.6) is 0 Å². The van der Waals surface area contributed by atoms with E-state index < -0.39 is 0 Å². The van der Waals surface area contributed by atoms with Crippen LogP contribution in [0.1, 0.15) is 26.2 Å². The number of amides is 1. The Morgan fingerprint density at radius 2 is 2.36 bits per heavy atom. The molecule has 0 bridgehead atoms. The quantitative estimate of drug-likeness (QED) is 0.439. The summed E-state index contributed by atoms with van der Waals surface area (Å²) in [6.45, 7) is 3.69. The van der Waals surface area contributed by atoms with E-state index in [2.05, 4.69) is 10.2 Å². The summed E-state index contributed by atoms with van der Waals surface area (Å²) in [6, 6.07) is 0.367. The molecule has 2 rings (SSSR count). The lowest BCUT2D eigenvalue weighted by atomic mass is 9.85. The minimum Gasteiger partial charge on any atom is -0.360 e. The molecular weight excluding hydrogens is 178 g/mol. The standard InChI is InChI=1S/C10H17N3O/c1-7(11)13-5-4-9-8(6-13)2-3-10(14)12-9/h8-9,11H,2-6H2,1H3,(H,12,14). The summed E-state index contributed by atoms with van der Waals surface area (Å²) in [5, 5.41) is 10.6. The van der Waals surface area contributed by atoms with E-state index in [0.29, 0.717) is 24.2 Å². The van der Waals surface area contributed by atoms with Gasteiger partial charge in [-0.3, -0.25) is 10.2 Å². The first-order valence-corrected chi connectivity index (χ1v) is 5.26. The molecule has 0 spiro atoms. The molecule has 4 heteroatoms. The summed E-state index contributed by atoms with van der Waals surface area (Å²) in [4.78, 5) is 13.3. The van der Waals surface area contributed by atoms with Crippen LogP contribution in [-0.2, 0) is 4.79 Å². The number of amidine groups is 1. The van der Waals surface area contributed by atoms with Gasteiger partial charge in [-0.1, -0.05) is 0 Å². The normalized spacial score (nSPS) is 32.1. The fourth-order valence-electron chi connectivity index (χ4n) is 2.41. The molecule has 1 amide bonds. The molecule has 14 heavy (non-hydrogen) atoms. The molecule has 0 aromatic heterocycles. The summed E-state index contributed by atoms with van der Waals surface area (Å²) in [5.41, 5.74) is 0. The number of rotatable bonds is 0. The number of carbonyl (C=O) groups excluding carboxylic acids is 1. The van der Waals surface area contributed by atoms with Crippen LogP contribution in [-0.4, -0.2) is 35.8 Å². The van der Waals surface area contributed by atoms with Gasteiger partial charge in [0.05, 0.1) is 5.84 Å². The summed E-state index contributed by atoms with van der Waals surface area (Å²) >= 11 is 0. The number of piperidine rings is 2. The Labute approximate surface area is 84.2 Å². The molecule has 0 saturated carbocycles. The molecule has 2 saturated heterocycles. The lowest BCUT2D eigenvalue weighted by Crippen LogP contribution is -2.54. The van der Waals surface area contributed by atoms with Crippen molar-refractivity contribution in [1.82, 2.24) is 10.2 Å². The Bertz CT molecular complexity index is 264. The third kappa shape index (κ3) is 1.74. The van der Waals surface area contributed by atoms with Crippen LogP contribution in [0, 0.1) is 11.3 Å². The minimum absolute atomic E-state index is 0.200. The Kier molecular flexibility index (Phi) is 2.44. The van der Waals surface area contributed by atoms with E-state index in [4.69, 9.17) is 5.41 Å². The van der Waals surface area contributed by atoms with Crippen LogP contribution >= 0.6 is 0 Å². The number of likely N-dealkylation sites (tertiary alicyclic amines) is 1. The molecule has 4 nitrogen and oxygen atoms in total. The predicted molar refractivity (Wildman–Crippen MR) is 54.2 cm³/mol. The fraction of sp³-hybridized carbons (Fsp3) is 0.800. The number of carbonyl (C=O) groups is 1. The van der Waals surface area contributed by atoms with Crippen LogP contribution in [0.4, 0.5) is 0 Å². The lowest BCUT2D eigenvalue weighted by molar-refractivity contribution is -0.125. The zero-order chi connectivity index (χ0) is 10.1. The monoisotopic (exact) mass is 195 g/mol. The van der Waals surface area contributed by atoms with Gasteiger partial charge in [-0.2, -0.15) is 0 Å². The Hall–Kier alpha value is -1.06. The minimum atomic E-state index is 0.200. The van der Waals surface area contributed by atoms with Crippen LogP contribution in [0.15, 0.2) is 0 Å². The van der Waals surface area contributed by atoms with Gasteiger partial charge in [0.2, 0.25) is 5.91 Å². The molecule has 0 aliphatic carbocycles. The first-order chi connectivity index (χ1) is 6.66. The summed E-state index contributed by atoms with van der Waals surface area (Å²) < 4.78 is 0. The van der Waals surface area contributed by atoms with Crippen molar-refractivity contribution in [1.29, 1.82) is 5.41 Å². The highest BCUT2D eigenvalue weighted by atomic mass is 16.1. The molecule has 0 aromatic carbocycles. The van der Waals surface area contributed by atoms with Crippen molar-refractivity contribution in [3.05, 3.63) is 0 Å². The Balaban J connectivity index is 1.98. The van der Waals surface area contributed by atoms with Gasteiger partial charge in [0.15, 0.2) is 0 Å². The van der Waals surface area contributed by atoms with Crippen LogP contribution in [0.3, 0.4) is 0 Å². The van der Waals surface area contributed by atoms with Gasteiger partial charge in [-0.15, -0.1) is 0 Å². The average molecular weight is 195 g/mol. The first-order valence-electron chi connectivity index (χ1n) is 5.26. The van der Waals surface area contributed by atoms with Crippen LogP contribution in [0.25, 0.3) is 0 Å². The van der Waals surface area contributed by atoms with Gasteiger partial charge < -0.3 is 10.2 Å². The van der Waals surface area contributed by atoms with E-state index in [1.165, 1.54) is 0 Å². The molecule has 2 unspecified atom stereocenters. The van der Waals surface area contributed by atoms with Crippen molar-refractivity contribution in [3.63, 3.8) is 0 Å². The average Bonchev–Trinajstić information content (AvgIpc) is 2.16. The van der Waals surface area contributed by atoms with E-state index in [0.717, 1.165) is 25.9 Å². The first kappa shape index (κ1) is 9.49. The maximum absolute atomic E-state index is 11.2. The van der Waals surface area contributed by atoms with Crippen molar-refractivity contribution >= 4 is 11.7 Å². The van der Waals surface area contributed by atoms with E-state index in [1.54, 1.807) is 0 Å². The van der Waals surface area contributed by atoms with Crippen molar-refractivity contribution in [3.8, 4) is 0 Å². The van der Waals surface area contributed by atoms with Crippen molar-refractivity contribution < 1.29 is 4.79 Å². The van der Waals surface area contributed by atoms with Gasteiger partial charge in [0.25, 0.3) is 0 Å². The molecule has 2 N–H and O–H groups in total. The van der Waals surface area contributed by atoms with Crippen LogP contribution in [0.2, 0.25) is 0 Å². The summed E-state index contributed by atoms with van der Waals surface area (Å²) in [7, 11) is 0. The number of fused-ring (bicyclic) bond motifs is 1. The van der Waals surface area contributed by atoms with Crippen molar-refractivity contribution in [2.24, 2.45) is 5.92 Å². The topological polar surface area (TPSA) is 56.2 Å². The predicted octanol–water partition coefficient (Wildman–Crippen LogP) is 0.584. The van der Waals surface area contributed by atoms with Crippen molar-refractivity contribution in [2.45, 2.75) is 32.2 Å². The van der Waals surface area contributed by atoms with Gasteiger partial charge in [0.1, 0.15) is 0 Å². The molecule has 2 heterocycles. The summed E-state index contributed by atoms with van der Waals surface area (Å²) in [5.74, 6) is 1.41. The van der Waals surface area contributed by atoms with E-state index in [-0.39, 0.29) is 5.91 Å². The highest BCUT2D eigenvalue weighted by Crippen LogP contribution is 2.25. The van der Waals surface area contributed by atoms with Gasteiger partial charge in [-0.05, 0) is 25.7 Å². The summed E-state index contributed by atoms with van der Waals surface area (Å²) in [6.07, 6.45) is 2.64. The second-order valence-electron chi connectivity index (χ2n) is 4.29. The van der Waals surface area contributed by atoms with Gasteiger partial charge in [0, 0.05) is 25.6 Å². The third-order valence-corrected chi connectivity index (χ3v) is 3.30. The van der Waals surface area contributed by atoms with E-state index in [9.17, 15) is 4.79 Å². The fourth-order valence-corrected chi connectivity index (χ4v) is 2.41. The SMILES string of the molecule is CC(=N)N1CCC2NC(=O)CCC2C1. The zero-order valence-corrected chi connectivity index (χ0v) is 8.55. The van der Waals surface area contributed by atoms with E-state index >= 15 is 0 Å². The van der Waals surface area contributed by atoms with Crippen molar-refractivity contribution in [2.75, 3.05) is 13.1 Å². The number of hydrogen-bond acceptors (Lipinski definition) is 2. The molecule has 2 fully saturated rings. The maximum atomic E-state index is 11.2. The Morgan fingerprint density at radius 1 is 1.57 bits per heavy atom. The molecule has 78 valence electrons. The molecule has 2 aliphatic rings. The molecule has 2 atom stereocenters. The molecule has 2 aliphatic heterocycles.